The largest absolute Gasteiger partial charge is 0.492 e. The number of nitriles is 1. The number of aryl methyl sites for hydroxylation is 2. The molecule has 2 rings (SSSR count). The van der Waals surface area contributed by atoms with Crippen LogP contribution >= 0.6 is 0 Å². The number of carbonyl (C=O) groups excluding carboxylic acids is 2. The molecular formula is C20H21N3O3. The Balaban J connectivity index is 1.89. The Hall–Kier alpha value is -3.33. The van der Waals surface area contributed by atoms with Crippen molar-refractivity contribution in [2.75, 3.05) is 18.5 Å². The Labute approximate surface area is 152 Å². The van der Waals surface area contributed by atoms with Crippen LogP contribution in [-0.4, -0.2) is 25.0 Å². The molecule has 0 aliphatic carbocycles. The van der Waals surface area contributed by atoms with E-state index in [1.165, 1.54) is 5.56 Å². The molecule has 134 valence electrons. The van der Waals surface area contributed by atoms with Gasteiger partial charge in [0.25, 0.3) is 5.91 Å². The summed E-state index contributed by atoms with van der Waals surface area (Å²) in [5, 5.41) is 13.9. The van der Waals surface area contributed by atoms with Crippen molar-refractivity contribution in [2.45, 2.75) is 20.3 Å². The number of hydrogen-bond acceptors (Lipinski definition) is 4. The number of nitrogens with zero attached hydrogens (tertiary/aromatic N) is 1. The van der Waals surface area contributed by atoms with Crippen molar-refractivity contribution in [1.29, 1.82) is 5.26 Å². The Kier molecular flexibility index (Phi) is 6.75. The number of para-hydroxylation sites is 1. The molecule has 0 aromatic heterocycles. The highest BCUT2D eigenvalue weighted by atomic mass is 16.5. The fraction of sp³-hybridized carbons (Fsp3) is 0.250. The van der Waals surface area contributed by atoms with Crippen LogP contribution in [-0.2, 0) is 4.79 Å². The fourth-order valence-electron chi connectivity index (χ4n) is 2.29. The lowest BCUT2D eigenvalue weighted by molar-refractivity contribution is -0.115. The van der Waals surface area contributed by atoms with E-state index in [9.17, 15) is 9.59 Å². The van der Waals surface area contributed by atoms with E-state index < -0.39 is 5.91 Å². The maximum atomic E-state index is 12.3. The molecule has 26 heavy (non-hydrogen) atoms. The van der Waals surface area contributed by atoms with Crippen molar-refractivity contribution in [2.24, 2.45) is 0 Å². The van der Waals surface area contributed by atoms with Crippen LogP contribution in [0.3, 0.4) is 0 Å². The van der Waals surface area contributed by atoms with Gasteiger partial charge in [-0.2, -0.15) is 5.26 Å². The molecule has 6 nitrogen and oxygen atoms in total. The van der Waals surface area contributed by atoms with E-state index in [1.54, 1.807) is 30.3 Å². The second-order valence-corrected chi connectivity index (χ2v) is 5.78. The zero-order valence-corrected chi connectivity index (χ0v) is 14.8. The van der Waals surface area contributed by atoms with E-state index in [2.05, 4.69) is 10.6 Å². The van der Waals surface area contributed by atoms with E-state index in [1.807, 2.05) is 32.0 Å². The minimum atomic E-state index is -0.453. The predicted molar refractivity (Wildman–Crippen MR) is 99.0 cm³/mol. The average Bonchev–Trinajstić information content (AvgIpc) is 2.62. The summed E-state index contributed by atoms with van der Waals surface area (Å²) in [6.45, 7) is 4.71. The van der Waals surface area contributed by atoms with Crippen LogP contribution in [0, 0.1) is 25.2 Å². The Morgan fingerprint density at radius 2 is 1.88 bits per heavy atom. The van der Waals surface area contributed by atoms with Crippen LogP contribution in [0.2, 0.25) is 0 Å². The van der Waals surface area contributed by atoms with Crippen LogP contribution in [0.1, 0.15) is 27.9 Å². The number of rotatable bonds is 7. The Bertz CT molecular complexity index is 840. The van der Waals surface area contributed by atoms with Gasteiger partial charge in [-0.05, 0) is 49.2 Å². The third-order valence-corrected chi connectivity index (χ3v) is 3.82. The third-order valence-electron chi connectivity index (χ3n) is 3.82. The molecule has 2 amide bonds. The first-order valence-corrected chi connectivity index (χ1v) is 8.25. The number of carbonyl (C=O) groups is 2. The molecule has 2 aromatic carbocycles. The second kappa shape index (κ2) is 9.23. The predicted octanol–water partition coefficient (Wildman–Crippen LogP) is 2.96. The van der Waals surface area contributed by atoms with Crippen molar-refractivity contribution in [3.05, 3.63) is 59.2 Å². The molecule has 2 aromatic rings. The lowest BCUT2D eigenvalue weighted by Gasteiger charge is -2.12. The van der Waals surface area contributed by atoms with Gasteiger partial charge in [0.15, 0.2) is 0 Å². The lowest BCUT2D eigenvalue weighted by Crippen LogP contribution is -2.29. The van der Waals surface area contributed by atoms with E-state index >= 15 is 0 Å². The summed E-state index contributed by atoms with van der Waals surface area (Å²) >= 11 is 0. The number of nitrogens with one attached hydrogen (secondary N) is 2. The molecule has 0 spiro atoms. The monoisotopic (exact) mass is 351 g/mol. The quantitative estimate of drug-likeness (QED) is 0.750. The van der Waals surface area contributed by atoms with Gasteiger partial charge in [0.2, 0.25) is 5.91 Å². The van der Waals surface area contributed by atoms with Crippen LogP contribution in [0.5, 0.6) is 5.75 Å². The Morgan fingerprint density at radius 1 is 1.12 bits per heavy atom. The molecule has 0 saturated heterocycles. The molecule has 0 saturated carbocycles. The average molecular weight is 351 g/mol. The lowest BCUT2D eigenvalue weighted by atomic mass is 10.1. The highest BCUT2D eigenvalue weighted by Gasteiger charge is 2.12. The molecular weight excluding hydrogens is 330 g/mol. The van der Waals surface area contributed by atoms with Crippen molar-refractivity contribution in [1.82, 2.24) is 5.32 Å². The van der Waals surface area contributed by atoms with Gasteiger partial charge in [-0.1, -0.05) is 18.2 Å². The summed E-state index contributed by atoms with van der Waals surface area (Å²) in [5.74, 6) is -0.0149. The summed E-state index contributed by atoms with van der Waals surface area (Å²) in [6.07, 6.45) is -0.264. The minimum absolute atomic E-state index is 0.264. The maximum absolute atomic E-state index is 12.3. The van der Waals surface area contributed by atoms with E-state index in [0.717, 1.165) is 11.3 Å². The standard InChI is InChI=1S/C20H21N3O3/c1-14-7-8-16(13-15(14)2)26-12-11-22-20(25)17-5-3-4-6-18(17)23-19(24)9-10-21/h3-8,13H,9,11-12H2,1-2H3,(H,22,25)(H,23,24). The minimum Gasteiger partial charge on any atom is -0.492 e. The van der Waals surface area contributed by atoms with Gasteiger partial charge in [-0.15, -0.1) is 0 Å². The van der Waals surface area contributed by atoms with E-state index in [-0.39, 0.29) is 12.3 Å². The topological polar surface area (TPSA) is 91.2 Å². The van der Waals surface area contributed by atoms with Crippen LogP contribution < -0.4 is 15.4 Å². The number of amides is 2. The van der Waals surface area contributed by atoms with Crippen molar-refractivity contribution in [3.63, 3.8) is 0 Å². The molecule has 0 atom stereocenters. The van der Waals surface area contributed by atoms with E-state index in [4.69, 9.17) is 10.00 Å². The highest BCUT2D eigenvalue weighted by Crippen LogP contribution is 2.17. The van der Waals surface area contributed by atoms with Crippen molar-refractivity contribution >= 4 is 17.5 Å². The molecule has 0 aliphatic heterocycles. The summed E-state index contributed by atoms with van der Waals surface area (Å²) in [7, 11) is 0. The molecule has 0 heterocycles. The number of benzene rings is 2. The van der Waals surface area contributed by atoms with Crippen molar-refractivity contribution < 1.29 is 14.3 Å². The zero-order chi connectivity index (χ0) is 18.9. The summed E-state index contributed by atoms with van der Waals surface area (Å²) in [4.78, 5) is 23.9. The smallest absolute Gasteiger partial charge is 0.253 e. The van der Waals surface area contributed by atoms with Gasteiger partial charge in [0.1, 0.15) is 18.8 Å². The first-order chi connectivity index (χ1) is 12.5. The molecule has 0 fully saturated rings. The molecule has 0 radical (unpaired) electrons. The number of ether oxygens (including phenoxy) is 1. The molecule has 0 unspecified atom stereocenters. The first kappa shape index (κ1) is 19.0. The van der Waals surface area contributed by atoms with Gasteiger partial charge in [-0.3, -0.25) is 9.59 Å². The molecule has 0 aliphatic rings. The second-order valence-electron chi connectivity index (χ2n) is 5.78. The summed E-state index contributed by atoms with van der Waals surface area (Å²) < 4.78 is 5.63. The van der Waals surface area contributed by atoms with Crippen LogP contribution in [0.4, 0.5) is 5.69 Å². The zero-order valence-electron chi connectivity index (χ0n) is 14.8. The molecule has 2 N–H and O–H groups in total. The van der Waals surface area contributed by atoms with E-state index in [0.29, 0.717) is 24.4 Å². The summed E-state index contributed by atoms with van der Waals surface area (Å²) in [5.41, 5.74) is 3.06. The van der Waals surface area contributed by atoms with Gasteiger partial charge in [0, 0.05) is 0 Å². The van der Waals surface area contributed by atoms with Gasteiger partial charge < -0.3 is 15.4 Å². The van der Waals surface area contributed by atoms with Crippen LogP contribution in [0.15, 0.2) is 42.5 Å². The Morgan fingerprint density at radius 3 is 2.62 bits per heavy atom. The SMILES string of the molecule is Cc1ccc(OCCNC(=O)c2ccccc2NC(=O)CC#N)cc1C. The van der Waals surface area contributed by atoms with Gasteiger partial charge in [0.05, 0.1) is 23.9 Å². The maximum Gasteiger partial charge on any atom is 0.253 e. The first-order valence-electron chi connectivity index (χ1n) is 8.25. The van der Waals surface area contributed by atoms with Crippen molar-refractivity contribution in [3.8, 4) is 11.8 Å². The fourth-order valence-corrected chi connectivity index (χ4v) is 2.29. The third kappa shape index (κ3) is 5.35. The molecule has 0 bridgehead atoms. The van der Waals surface area contributed by atoms with Gasteiger partial charge in [-0.25, -0.2) is 0 Å². The number of anilines is 1. The number of hydrogen-bond donors (Lipinski definition) is 2. The van der Waals surface area contributed by atoms with Crippen LogP contribution in [0.25, 0.3) is 0 Å². The summed E-state index contributed by atoms with van der Waals surface area (Å²) in [6, 6.07) is 14.3. The normalized spacial score (nSPS) is 9.88. The molecule has 6 heteroatoms. The van der Waals surface area contributed by atoms with Gasteiger partial charge >= 0.3 is 0 Å². The highest BCUT2D eigenvalue weighted by molar-refractivity contribution is 6.04.